The Morgan fingerprint density at radius 1 is 1.04 bits per heavy atom. The second kappa shape index (κ2) is 7.55. The number of carbonyl (C=O) groups is 2. The molecule has 146 valence electrons. The standard InChI is InChI=1S/C20H18F2N2O4/c21-13-5-6-14(15(22)11-13)19(25)24-12-18(20(26)23-7-9-27-10-8-23)28-17-4-2-1-3-16(17)24/h1-6,11,18H,7-10,12H2/t18-/m1/s1. The molecule has 8 heteroatoms. The summed E-state index contributed by atoms with van der Waals surface area (Å²) in [6.07, 6.45) is -0.916. The van der Waals surface area contributed by atoms with E-state index in [1.165, 1.54) is 4.90 Å². The monoisotopic (exact) mass is 388 g/mol. The molecule has 2 aromatic carbocycles. The molecular weight excluding hydrogens is 370 g/mol. The molecule has 1 saturated heterocycles. The van der Waals surface area contributed by atoms with E-state index in [-0.39, 0.29) is 18.0 Å². The number of hydrogen-bond donors (Lipinski definition) is 0. The van der Waals surface area contributed by atoms with Crippen LogP contribution in [0.3, 0.4) is 0 Å². The Kier molecular flexibility index (Phi) is 4.95. The minimum Gasteiger partial charge on any atom is -0.476 e. The third kappa shape index (κ3) is 3.43. The molecule has 0 radical (unpaired) electrons. The van der Waals surface area contributed by atoms with Crippen molar-refractivity contribution in [2.24, 2.45) is 0 Å². The summed E-state index contributed by atoms with van der Waals surface area (Å²) < 4.78 is 38.5. The SMILES string of the molecule is O=C([C@H]1CN(C(=O)c2ccc(F)cc2F)c2ccccc2O1)N1CCOCC1. The van der Waals surface area contributed by atoms with E-state index in [0.717, 1.165) is 12.1 Å². The Bertz CT molecular complexity index is 915. The molecule has 2 aromatic rings. The van der Waals surface area contributed by atoms with E-state index in [1.54, 1.807) is 29.2 Å². The van der Waals surface area contributed by atoms with Crippen LogP contribution in [0.5, 0.6) is 5.75 Å². The molecule has 0 bridgehead atoms. The topological polar surface area (TPSA) is 59.1 Å². The van der Waals surface area contributed by atoms with Crippen molar-refractivity contribution in [3.05, 3.63) is 59.7 Å². The number of para-hydroxylation sites is 2. The number of hydrogen-bond acceptors (Lipinski definition) is 4. The lowest BCUT2D eigenvalue weighted by atomic mass is 10.1. The van der Waals surface area contributed by atoms with Gasteiger partial charge in [0.05, 0.1) is 31.0 Å². The van der Waals surface area contributed by atoms with Crippen LogP contribution in [-0.2, 0) is 9.53 Å². The normalized spacial score (nSPS) is 19.0. The fourth-order valence-electron chi connectivity index (χ4n) is 3.35. The molecule has 0 aromatic heterocycles. The lowest BCUT2D eigenvalue weighted by molar-refractivity contribution is -0.142. The number of ether oxygens (including phenoxy) is 2. The maximum atomic E-state index is 14.2. The molecule has 2 aliphatic rings. The van der Waals surface area contributed by atoms with E-state index >= 15 is 0 Å². The second-order valence-corrected chi connectivity index (χ2v) is 6.55. The van der Waals surface area contributed by atoms with Crippen molar-refractivity contribution in [1.82, 2.24) is 4.90 Å². The van der Waals surface area contributed by atoms with E-state index in [9.17, 15) is 18.4 Å². The maximum Gasteiger partial charge on any atom is 0.265 e. The molecule has 2 heterocycles. The summed E-state index contributed by atoms with van der Waals surface area (Å²) in [4.78, 5) is 28.8. The quantitative estimate of drug-likeness (QED) is 0.792. The van der Waals surface area contributed by atoms with Crippen molar-refractivity contribution >= 4 is 17.5 Å². The number of rotatable bonds is 2. The van der Waals surface area contributed by atoms with Gasteiger partial charge in [0, 0.05) is 19.2 Å². The number of halogens is 2. The van der Waals surface area contributed by atoms with Gasteiger partial charge >= 0.3 is 0 Å². The third-order valence-electron chi connectivity index (χ3n) is 4.78. The minimum atomic E-state index is -0.954. The van der Waals surface area contributed by atoms with Gasteiger partial charge < -0.3 is 19.3 Å². The number of anilines is 1. The molecule has 1 fully saturated rings. The zero-order valence-electron chi connectivity index (χ0n) is 14.9. The van der Waals surface area contributed by atoms with Crippen molar-refractivity contribution in [2.45, 2.75) is 6.10 Å². The largest absolute Gasteiger partial charge is 0.476 e. The van der Waals surface area contributed by atoms with E-state index in [0.29, 0.717) is 43.8 Å². The molecule has 0 spiro atoms. The van der Waals surface area contributed by atoms with Crippen LogP contribution >= 0.6 is 0 Å². The van der Waals surface area contributed by atoms with E-state index < -0.39 is 23.6 Å². The van der Waals surface area contributed by atoms with Crippen molar-refractivity contribution in [3.8, 4) is 5.75 Å². The van der Waals surface area contributed by atoms with Crippen molar-refractivity contribution < 1.29 is 27.8 Å². The van der Waals surface area contributed by atoms with Gasteiger partial charge in [0.2, 0.25) is 0 Å². The molecule has 0 unspecified atom stereocenters. The van der Waals surface area contributed by atoms with Crippen LogP contribution in [-0.4, -0.2) is 55.7 Å². The molecular formula is C20H18F2N2O4. The molecule has 0 N–H and O–H groups in total. The number of morpholine rings is 1. The lowest BCUT2D eigenvalue weighted by Gasteiger charge is -2.37. The van der Waals surface area contributed by atoms with Gasteiger partial charge in [-0.3, -0.25) is 9.59 Å². The highest BCUT2D eigenvalue weighted by atomic mass is 19.1. The summed E-state index contributed by atoms with van der Waals surface area (Å²) in [5.41, 5.74) is 0.165. The first kappa shape index (κ1) is 18.4. The molecule has 28 heavy (non-hydrogen) atoms. The second-order valence-electron chi connectivity index (χ2n) is 6.55. The summed E-state index contributed by atoms with van der Waals surface area (Å²) in [7, 11) is 0. The van der Waals surface area contributed by atoms with Gasteiger partial charge in [-0.2, -0.15) is 0 Å². The van der Waals surface area contributed by atoms with Crippen LogP contribution in [0.25, 0.3) is 0 Å². The number of carbonyl (C=O) groups excluding carboxylic acids is 2. The number of amides is 2. The van der Waals surface area contributed by atoms with Crippen LogP contribution < -0.4 is 9.64 Å². The van der Waals surface area contributed by atoms with Crippen molar-refractivity contribution in [2.75, 3.05) is 37.7 Å². The van der Waals surface area contributed by atoms with Gasteiger partial charge in [0.15, 0.2) is 6.10 Å². The number of nitrogens with zero attached hydrogens (tertiary/aromatic N) is 2. The van der Waals surface area contributed by atoms with Crippen molar-refractivity contribution in [1.29, 1.82) is 0 Å². The molecule has 0 saturated carbocycles. The summed E-state index contributed by atoms with van der Waals surface area (Å²) >= 11 is 0. The Morgan fingerprint density at radius 3 is 2.54 bits per heavy atom. The number of benzene rings is 2. The summed E-state index contributed by atoms with van der Waals surface area (Å²) in [6.45, 7) is 1.71. The van der Waals surface area contributed by atoms with Crippen LogP contribution in [0.15, 0.2) is 42.5 Å². The third-order valence-corrected chi connectivity index (χ3v) is 4.78. The molecule has 2 amide bonds. The van der Waals surface area contributed by atoms with Gasteiger partial charge in [-0.25, -0.2) is 8.78 Å². The Labute approximate surface area is 160 Å². The number of fused-ring (bicyclic) bond motifs is 1. The van der Waals surface area contributed by atoms with E-state index in [4.69, 9.17) is 9.47 Å². The predicted octanol–water partition coefficient (Wildman–Crippen LogP) is 2.23. The zero-order valence-corrected chi connectivity index (χ0v) is 14.9. The highest BCUT2D eigenvalue weighted by Crippen LogP contribution is 2.34. The highest BCUT2D eigenvalue weighted by Gasteiger charge is 2.37. The average Bonchev–Trinajstić information content (AvgIpc) is 2.72. The molecule has 0 aliphatic carbocycles. The van der Waals surface area contributed by atoms with E-state index in [2.05, 4.69) is 0 Å². The maximum absolute atomic E-state index is 14.2. The minimum absolute atomic E-state index is 0.0666. The van der Waals surface area contributed by atoms with Crippen LogP contribution in [0.4, 0.5) is 14.5 Å². The summed E-state index contributed by atoms with van der Waals surface area (Å²) in [5.74, 6) is -2.28. The smallest absolute Gasteiger partial charge is 0.265 e. The summed E-state index contributed by atoms with van der Waals surface area (Å²) in [6, 6.07) is 9.54. The van der Waals surface area contributed by atoms with Crippen LogP contribution in [0.1, 0.15) is 10.4 Å². The lowest BCUT2D eigenvalue weighted by Crippen LogP contribution is -2.54. The van der Waals surface area contributed by atoms with Crippen LogP contribution in [0, 0.1) is 11.6 Å². The molecule has 1 atom stereocenters. The first-order valence-corrected chi connectivity index (χ1v) is 8.94. The van der Waals surface area contributed by atoms with E-state index in [1.807, 2.05) is 0 Å². The fourth-order valence-corrected chi connectivity index (χ4v) is 3.35. The Hall–Kier alpha value is -3.00. The fraction of sp³-hybridized carbons (Fsp3) is 0.300. The van der Waals surface area contributed by atoms with Crippen LogP contribution in [0.2, 0.25) is 0 Å². The Morgan fingerprint density at radius 2 is 1.79 bits per heavy atom. The van der Waals surface area contributed by atoms with Gasteiger partial charge in [-0.1, -0.05) is 12.1 Å². The average molecular weight is 388 g/mol. The first-order chi connectivity index (χ1) is 13.5. The van der Waals surface area contributed by atoms with Gasteiger partial charge in [0.25, 0.3) is 11.8 Å². The van der Waals surface area contributed by atoms with Gasteiger partial charge in [-0.15, -0.1) is 0 Å². The highest BCUT2D eigenvalue weighted by molar-refractivity contribution is 6.08. The zero-order chi connectivity index (χ0) is 19.7. The molecule has 6 nitrogen and oxygen atoms in total. The van der Waals surface area contributed by atoms with Gasteiger partial charge in [-0.05, 0) is 24.3 Å². The summed E-state index contributed by atoms with van der Waals surface area (Å²) in [5, 5.41) is 0. The first-order valence-electron chi connectivity index (χ1n) is 8.94. The predicted molar refractivity (Wildman–Crippen MR) is 96.3 cm³/mol. The van der Waals surface area contributed by atoms with Crippen molar-refractivity contribution in [3.63, 3.8) is 0 Å². The Balaban J connectivity index is 1.65. The molecule has 2 aliphatic heterocycles. The molecule has 4 rings (SSSR count). The van der Waals surface area contributed by atoms with Gasteiger partial charge in [0.1, 0.15) is 17.4 Å².